The summed E-state index contributed by atoms with van der Waals surface area (Å²) in [4.78, 5) is 19.9. The topological polar surface area (TPSA) is 69.5 Å². The zero-order valence-corrected chi connectivity index (χ0v) is 13.3. The molecule has 1 N–H and O–H groups in total. The van der Waals surface area contributed by atoms with Crippen molar-refractivity contribution < 1.29 is 4.79 Å². The van der Waals surface area contributed by atoms with Gasteiger partial charge in [-0.25, -0.2) is 0 Å². The summed E-state index contributed by atoms with van der Waals surface area (Å²) in [7, 11) is 0. The van der Waals surface area contributed by atoms with Crippen LogP contribution in [-0.4, -0.2) is 15.8 Å². The van der Waals surface area contributed by atoms with Crippen molar-refractivity contribution >= 4 is 18.0 Å². The van der Waals surface area contributed by atoms with Gasteiger partial charge in [-0.2, -0.15) is 5.26 Å². The number of hydrogen-bond acceptors (Lipinski definition) is 4. The van der Waals surface area contributed by atoms with Crippen LogP contribution in [-0.2, 0) is 6.42 Å². The molecule has 2 aromatic heterocycles. The molecule has 3 rings (SSSR count). The first kappa shape index (κ1) is 14.6. The van der Waals surface area contributed by atoms with E-state index >= 15 is 0 Å². The van der Waals surface area contributed by atoms with E-state index in [4.69, 9.17) is 12.2 Å². The zero-order chi connectivity index (χ0) is 15.9. The summed E-state index contributed by atoms with van der Waals surface area (Å²) in [6, 6.07) is 5.78. The molecule has 0 saturated carbocycles. The number of fused-ring (bicyclic) bond motifs is 1. The molecule has 4 nitrogen and oxygen atoms in total. The molecule has 22 heavy (non-hydrogen) atoms. The summed E-state index contributed by atoms with van der Waals surface area (Å²) >= 11 is 5.33. The Morgan fingerprint density at radius 3 is 2.77 bits per heavy atom. The summed E-state index contributed by atoms with van der Waals surface area (Å²) in [5, 5.41) is 9.48. The number of aromatic amines is 1. The molecule has 0 amide bonds. The number of H-pyrrole nitrogens is 1. The Morgan fingerprint density at radius 1 is 1.36 bits per heavy atom. The number of rotatable bonds is 1. The molecule has 0 unspecified atom stereocenters. The minimum absolute atomic E-state index is 0.0489. The van der Waals surface area contributed by atoms with Gasteiger partial charge < -0.3 is 4.98 Å². The summed E-state index contributed by atoms with van der Waals surface area (Å²) in [6.07, 6.45) is 4.52. The highest BCUT2D eigenvalue weighted by Crippen LogP contribution is 2.39. The lowest BCUT2D eigenvalue weighted by Crippen LogP contribution is -2.29. The van der Waals surface area contributed by atoms with E-state index in [1.54, 1.807) is 18.5 Å². The number of carbonyl (C=O) groups is 1. The maximum Gasteiger partial charge on any atom is 0.165 e. The Morgan fingerprint density at radius 2 is 2.14 bits per heavy atom. The smallest absolute Gasteiger partial charge is 0.165 e. The molecule has 2 aromatic rings. The molecule has 0 atom stereocenters. The lowest BCUT2D eigenvalue weighted by atomic mass is 9.73. The SMILES string of the molecule is CC1(C)CC(=O)c2c([nH]c(=S)c(C#N)c2-c2cccnc2)C1. The second-order valence-electron chi connectivity index (χ2n) is 6.35. The summed E-state index contributed by atoms with van der Waals surface area (Å²) in [5.41, 5.74) is 3.03. The van der Waals surface area contributed by atoms with Crippen LogP contribution in [0, 0.1) is 21.4 Å². The minimum atomic E-state index is -0.108. The Kier molecular flexibility index (Phi) is 3.42. The molecule has 0 aliphatic heterocycles. The standard InChI is InChI=1S/C17H15N3OS/c1-17(2)6-12-15(13(21)7-17)14(10-4-3-5-19-9-10)11(8-18)16(22)20-12/h3-5,9H,6-7H2,1-2H3,(H,20,22). The van der Waals surface area contributed by atoms with E-state index in [-0.39, 0.29) is 11.2 Å². The van der Waals surface area contributed by atoms with Crippen LogP contribution < -0.4 is 0 Å². The van der Waals surface area contributed by atoms with Crippen molar-refractivity contribution in [3.63, 3.8) is 0 Å². The molecular weight excluding hydrogens is 294 g/mol. The number of nitrogens with zero attached hydrogens (tertiary/aromatic N) is 2. The predicted molar refractivity (Wildman–Crippen MR) is 86.0 cm³/mol. The maximum absolute atomic E-state index is 12.7. The van der Waals surface area contributed by atoms with Gasteiger partial charge in [0.15, 0.2) is 5.78 Å². The molecule has 0 radical (unpaired) electrons. The van der Waals surface area contributed by atoms with Gasteiger partial charge in [0.05, 0.1) is 5.56 Å². The van der Waals surface area contributed by atoms with Crippen molar-refractivity contribution in [1.29, 1.82) is 5.26 Å². The minimum Gasteiger partial charge on any atom is -0.348 e. The van der Waals surface area contributed by atoms with E-state index in [9.17, 15) is 10.1 Å². The van der Waals surface area contributed by atoms with E-state index in [2.05, 4.69) is 29.9 Å². The number of nitriles is 1. The normalized spacial score (nSPS) is 16.0. The van der Waals surface area contributed by atoms with Crippen molar-refractivity contribution in [2.75, 3.05) is 0 Å². The molecule has 0 fully saturated rings. The molecule has 0 saturated heterocycles. The predicted octanol–water partition coefficient (Wildman–Crippen LogP) is 3.83. The number of hydrogen-bond donors (Lipinski definition) is 1. The average Bonchev–Trinajstić information content (AvgIpc) is 2.45. The quantitative estimate of drug-likeness (QED) is 0.813. The van der Waals surface area contributed by atoms with Gasteiger partial charge in [-0.1, -0.05) is 32.1 Å². The second kappa shape index (κ2) is 5.15. The highest BCUT2D eigenvalue weighted by Gasteiger charge is 2.34. The second-order valence-corrected chi connectivity index (χ2v) is 6.76. The van der Waals surface area contributed by atoms with Gasteiger partial charge in [0.1, 0.15) is 10.7 Å². The van der Waals surface area contributed by atoms with Crippen LogP contribution in [0.25, 0.3) is 11.1 Å². The molecule has 1 aliphatic rings. The van der Waals surface area contributed by atoms with E-state index in [1.807, 2.05) is 6.07 Å². The van der Waals surface area contributed by atoms with E-state index < -0.39 is 0 Å². The maximum atomic E-state index is 12.7. The van der Waals surface area contributed by atoms with E-state index in [0.717, 1.165) is 17.7 Å². The fourth-order valence-electron chi connectivity index (χ4n) is 3.06. The fraction of sp³-hybridized carbons (Fsp3) is 0.294. The van der Waals surface area contributed by atoms with Gasteiger partial charge in [0, 0.05) is 41.2 Å². The van der Waals surface area contributed by atoms with Crippen LogP contribution in [0.3, 0.4) is 0 Å². The van der Waals surface area contributed by atoms with Gasteiger partial charge in [-0.15, -0.1) is 0 Å². The highest BCUT2D eigenvalue weighted by molar-refractivity contribution is 7.71. The van der Waals surface area contributed by atoms with Gasteiger partial charge in [0.25, 0.3) is 0 Å². The Bertz CT molecular complexity index is 860. The third-order valence-corrected chi connectivity index (χ3v) is 4.23. The third-order valence-electron chi connectivity index (χ3n) is 3.93. The molecule has 0 aromatic carbocycles. The molecule has 5 heteroatoms. The zero-order valence-electron chi connectivity index (χ0n) is 12.4. The van der Waals surface area contributed by atoms with E-state index in [1.165, 1.54) is 0 Å². The number of Topliss-reactive ketones (excluding diaryl/α,β-unsaturated/α-hetero) is 1. The van der Waals surface area contributed by atoms with E-state index in [0.29, 0.717) is 27.8 Å². The fourth-order valence-corrected chi connectivity index (χ4v) is 3.33. The first-order valence-electron chi connectivity index (χ1n) is 7.06. The average molecular weight is 309 g/mol. The summed E-state index contributed by atoms with van der Waals surface area (Å²) in [6.45, 7) is 4.12. The largest absolute Gasteiger partial charge is 0.348 e. The van der Waals surface area contributed by atoms with Crippen molar-refractivity contribution in [2.24, 2.45) is 5.41 Å². The number of carbonyl (C=O) groups excluding carboxylic acids is 1. The summed E-state index contributed by atoms with van der Waals surface area (Å²) in [5.74, 6) is 0.0489. The Hall–Kier alpha value is -2.32. The molecular formula is C17H15N3OS. The first-order chi connectivity index (χ1) is 10.4. The van der Waals surface area contributed by atoms with Crippen molar-refractivity contribution in [2.45, 2.75) is 26.7 Å². The van der Waals surface area contributed by atoms with Gasteiger partial charge in [-0.3, -0.25) is 9.78 Å². The lowest BCUT2D eigenvalue weighted by Gasteiger charge is -2.31. The number of nitrogens with one attached hydrogen (secondary N) is 1. The van der Waals surface area contributed by atoms with Gasteiger partial charge >= 0.3 is 0 Å². The summed E-state index contributed by atoms with van der Waals surface area (Å²) < 4.78 is 0.380. The lowest BCUT2D eigenvalue weighted by molar-refractivity contribution is 0.0911. The van der Waals surface area contributed by atoms with Crippen molar-refractivity contribution in [1.82, 2.24) is 9.97 Å². The van der Waals surface area contributed by atoms with Crippen LogP contribution in [0.5, 0.6) is 0 Å². The van der Waals surface area contributed by atoms with Crippen molar-refractivity contribution in [3.8, 4) is 17.2 Å². The van der Waals surface area contributed by atoms with Crippen LogP contribution in [0.4, 0.5) is 0 Å². The Labute approximate surface area is 133 Å². The van der Waals surface area contributed by atoms with Gasteiger partial charge in [-0.05, 0) is 17.9 Å². The van der Waals surface area contributed by atoms with Crippen LogP contribution in [0.1, 0.15) is 41.9 Å². The third kappa shape index (κ3) is 2.36. The number of aromatic nitrogens is 2. The number of ketones is 1. The monoisotopic (exact) mass is 309 g/mol. The van der Waals surface area contributed by atoms with Crippen LogP contribution >= 0.6 is 12.2 Å². The van der Waals surface area contributed by atoms with Crippen LogP contribution in [0.2, 0.25) is 0 Å². The Balaban J connectivity index is 2.39. The highest BCUT2D eigenvalue weighted by atomic mass is 32.1. The van der Waals surface area contributed by atoms with Gasteiger partial charge in [0.2, 0.25) is 0 Å². The molecule has 2 heterocycles. The molecule has 0 bridgehead atoms. The van der Waals surface area contributed by atoms with Crippen LogP contribution in [0.15, 0.2) is 24.5 Å². The molecule has 0 spiro atoms. The molecule has 1 aliphatic carbocycles. The number of pyridine rings is 2. The first-order valence-corrected chi connectivity index (χ1v) is 7.46. The van der Waals surface area contributed by atoms with Crippen molar-refractivity contribution in [3.05, 3.63) is 46.0 Å². The molecule has 110 valence electrons.